The van der Waals surface area contributed by atoms with Gasteiger partial charge in [0.2, 0.25) is 0 Å². The Morgan fingerprint density at radius 2 is 1.56 bits per heavy atom. The lowest BCUT2D eigenvalue weighted by atomic mass is 9.90. The fourth-order valence-corrected chi connectivity index (χ4v) is 1.88. The van der Waals surface area contributed by atoms with Crippen molar-refractivity contribution in [2.75, 3.05) is 6.51 Å². The van der Waals surface area contributed by atoms with Crippen LogP contribution in [0.2, 0.25) is 0 Å². The van der Waals surface area contributed by atoms with Crippen molar-refractivity contribution in [3.05, 3.63) is 35.9 Å². The van der Waals surface area contributed by atoms with Crippen molar-refractivity contribution in [2.45, 2.75) is 45.5 Å². The highest BCUT2D eigenvalue weighted by atomic mass is 16.7. The fourth-order valence-electron chi connectivity index (χ4n) is 1.88. The van der Waals surface area contributed by atoms with Gasteiger partial charge in [-0.3, -0.25) is 0 Å². The van der Waals surface area contributed by atoms with E-state index < -0.39 is 0 Å². The standard InChI is InChI=1S/C14H21BO3/c1-13(2)14(3,4)18-15(17-13)11-16-10-12-8-6-5-7-9-12/h5-9H,10-11H2,1-4H3. The van der Waals surface area contributed by atoms with Crippen LogP contribution in [0.15, 0.2) is 30.3 Å². The molecule has 0 spiro atoms. The molecule has 0 bridgehead atoms. The predicted octanol–water partition coefficient (Wildman–Crippen LogP) is 2.83. The third-order valence-corrected chi connectivity index (χ3v) is 3.67. The van der Waals surface area contributed by atoms with Gasteiger partial charge in [0.15, 0.2) is 0 Å². The molecule has 4 heteroatoms. The first-order chi connectivity index (χ1) is 8.41. The molecule has 1 saturated heterocycles. The van der Waals surface area contributed by atoms with Crippen molar-refractivity contribution in [2.24, 2.45) is 0 Å². The van der Waals surface area contributed by atoms with E-state index in [1.807, 2.05) is 58.0 Å². The van der Waals surface area contributed by atoms with E-state index in [0.717, 1.165) is 5.56 Å². The maximum absolute atomic E-state index is 5.85. The number of hydrogen-bond donors (Lipinski definition) is 0. The maximum Gasteiger partial charge on any atom is 0.485 e. The molecule has 18 heavy (non-hydrogen) atoms. The average Bonchev–Trinajstić information content (AvgIpc) is 2.49. The van der Waals surface area contributed by atoms with Crippen LogP contribution < -0.4 is 0 Å². The first-order valence-corrected chi connectivity index (χ1v) is 6.38. The summed E-state index contributed by atoms with van der Waals surface area (Å²) < 4.78 is 17.3. The van der Waals surface area contributed by atoms with Crippen molar-refractivity contribution >= 4 is 7.12 Å². The molecule has 0 atom stereocenters. The average molecular weight is 248 g/mol. The van der Waals surface area contributed by atoms with Crippen LogP contribution in [0.1, 0.15) is 33.3 Å². The Balaban J connectivity index is 1.79. The fraction of sp³-hybridized carbons (Fsp3) is 0.571. The van der Waals surface area contributed by atoms with Crippen LogP contribution in [0.4, 0.5) is 0 Å². The molecule has 0 aromatic heterocycles. The SMILES string of the molecule is CC1(C)OB(COCc2ccccc2)OC1(C)C. The third-order valence-electron chi connectivity index (χ3n) is 3.67. The summed E-state index contributed by atoms with van der Waals surface area (Å²) in [6, 6.07) is 10.1. The molecule has 0 saturated carbocycles. The summed E-state index contributed by atoms with van der Waals surface area (Å²) in [5.41, 5.74) is 0.593. The molecule has 3 nitrogen and oxygen atoms in total. The van der Waals surface area contributed by atoms with Gasteiger partial charge in [0.1, 0.15) is 0 Å². The lowest BCUT2D eigenvalue weighted by molar-refractivity contribution is 0.00578. The number of hydrogen-bond acceptors (Lipinski definition) is 3. The van der Waals surface area contributed by atoms with E-state index in [4.69, 9.17) is 14.0 Å². The molecule has 1 heterocycles. The Kier molecular flexibility index (Phi) is 3.80. The summed E-state index contributed by atoms with van der Waals surface area (Å²) in [6.07, 6.45) is 0. The molecule has 0 N–H and O–H groups in total. The molecule has 1 fully saturated rings. The molecular weight excluding hydrogens is 227 g/mol. The van der Waals surface area contributed by atoms with Crippen molar-refractivity contribution in [3.63, 3.8) is 0 Å². The van der Waals surface area contributed by atoms with Crippen LogP contribution >= 0.6 is 0 Å². The van der Waals surface area contributed by atoms with Crippen molar-refractivity contribution in [1.29, 1.82) is 0 Å². The monoisotopic (exact) mass is 248 g/mol. The maximum atomic E-state index is 5.85. The van der Waals surface area contributed by atoms with Gasteiger partial charge in [-0.15, -0.1) is 0 Å². The number of benzene rings is 1. The smallest absolute Gasteiger partial charge is 0.402 e. The van der Waals surface area contributed by atoms with Crippen molar-refractivity contribution < 1.29 is 14.0 Å². The van der Waals surface area contributed by atoms with Crippen LogP contribution in [0, 0.1) is 0 Å². The largest absolute Gasteiger partial charge is 0.485 e. The first-order valence-electron chi connectivity index (χ1n) is 6.38. The van der Waals surface area contributed by atoms with Gasteiger partial charge in [0.05, 0.1) is 24.3 Å². The van der Waals surface area contributed by atoms with Gasteiger partial charge in [-0.25, -0.2) is 0 Å². The lowest BCUT2D eigenvalue weighted by Crippen LogP contribution is -2.41. The number of ether oxygens (including phenoxy) is 1. The third kappa shape index (κ3) is 2.94. The molecular formula is C14H21BO3. The zero-order valence-corrected chi connectivity index (χ0v) is 11.6. The Morgan fingerprint density at radius 3 is 2.11 bits per heavy atom. The minimum absolute atomic E-state index is 0.279. The first kappa shape index (κ1) is 13.6. The van der Waals surface area contributed by atoms with Gasteiger partial charge in [0.25, 0.3) is 0 Å². The highest BCUT2D eigenvalue weighted by molar-refractivity contribution is 6.45. The zero-order chi connectivity index (χ0) is 13.2. The van der Waals surface area contributed by atoms with E-state index in [9.17, 15) is 0 Å². The van der Waals surface area contributed by atoms with Crippen LogP contribution in [0.25, 0.3) is 0 Å². The Hall–Kier alpha value is -0.835. The van der Waals surface area contributed by atoms with Crippen LogP contribution in [0.5, 0.6) is 0 Å². The summed E-state index contributed by atoms with van der Waals surface area (Å²) in [5.74, 6) is 0. The minimum Gasteiger partial charge on any atom is -0.402 e. The molecule has 1 aliphatic heterocycles. The molecule has 0 radical (unpaired) electrons. The van der Waals surface area contributed by atoms with Gasteiger partial charge in [-0.2, -0.15) is 0 Å². The summed E-state index contributed by atoms with van der Waals surface area (Å²) in [7, 11) is -0.279. The zero-order valence-electron chi connectivity index (χ0n) is 11.6. The topological polar surface area (TPSA) is 27.7 Å². The van der Waals surface area contributed by atoms with Crippen molar-refractivity contribution in [3.8, 4) is 0 Å². The molecule has 0 amide bonds. The van der Waals surface area contributed by atoms with E-state index in [-0.39, 0.29) is 18.3 Å². The van der Waals surface area contributed by atoms with Crippen LogP contribution in [0.3, 0.4) is 0 Å². The van der Waals surface area contributed by atoms with Gasteiger partial charge >= 0.3 is 7.12 Å². The van der Waals surface area contributed by atoms with Gasteiger partial charge in [0, 0.05) is 0 Å². The van der Waals surface area contributed by atoms with Gasteiger partial charge in [-0.05, 0) is 33.3 Å². The lowest BCUT2D eigenvalue weighted by Gasteiger charge is -2.32. The van der Waals surface area contributed by atoms with Gasteiger partial charge in [-0.1, -0.05) is 30.3 Å². The van der Waals surface area contributed by atoms with E-state index >= 15 is 0 Å². The van der Waals surface area contributed by atoms with E-state index in [2.05, 4.69) is 0 Å². The van der Waals surface area contributed by atoms with Crippen LogP contribution in [-0.4, -0.2) is 24.8 Å². The minimum atomic E-state index is -0.284. The normalized spacial score (nSPS) is 21.2. The highest BCUT2D eigenvalue weighted by Gasteiger charge is 2.50. The van der Waals surface area contributed by atoms with E-state index in [0.29, 0.717) is 13.1 Å². The molecule has 2 rings (SSSR count). The van der Waals surface area contributed by atoms with Crippen molar-refractivity contribution in [1.82, 2.24) is 0 Å². The number of rotatable bonds is 4. The predicted molar refractivity (Wildman–Crippen MR) is 72.2 cm³/mol. The second-order valence-corrected chi connectivity index (χ2v) is 5.69. The van der Waals surface area contributed by atoms with Crippen LogP contribution in [-0.2, 0) is 20.7 Å². The highest BCUT2D eigenvalue weighted by Crippen LogP contribution is 2.36. The molecule has 98 valence electrons. The summed E-state index contributed by atoms with van der Waals surface area (Å²) in [5, 5.41) is 0. The molecule has 1 aromatic rings. The summed E-state index contributed by atoms with van der Waals surface area (Å²) in [4.78, 5) is 0. The Morgan fingerprint density at radius 1 is 1.00 bits per heavy atom. The van der Waals surface area contributed by atoms with E-state index in [1.54, 1.807) is 0 Å². The summed E-state index contributed by atoms with van der Waals surface area (Å²) >= 11 is 0. The molecule has 0 unspecified atom stereocenters. The Labute approximate surface area is 110 Å². The van der Waals surface area contributed by atoms with E-state index in [1.165, 1.54) is 0 Å². The molecule has 0 aliphatic carbocycles. The quantitative estimate of drug-likeness (QED) is 0.767. The summed E-state index contributed by atoms with van der Waals surface area (Å²) in [6.45, 7) is 9.23. The molecule has 1 aromatic carbocycles. The second-order valence-electron chi connectivity index (χ2n) is 5.69. The van der Waals surface area contributed by atoms with Gasteiger partial charge < -0.3 is 14.0 Å². The second kappa shape index (κ2) is 5.04. The molecule has 1 aliphatic rings. The Bertz CT molecular complexity index is 373.